The summed E-state index contributed by atoms with van der Waals surface area (Å²) in [6.07, 6.45) is -0.233. The zero-order valence-electron chi connectivity index (χ0n) is 12.6. The number of carboxylic acid groups (broad SMARTS) is 1. The number of rotatable bonds is 5. The summed E-state index contributed by atoms with van der Waals surface area (Å²) in [4.78, 5) is 38.1. The highest BCUT2D eigenvalue weighted by atomic mass is 16.4. The largest absolute Gasteiger partial charge is 0.481 e. The zero-order chi connectivity index (χ0) is 17.1. The summed E-state index contributed by atoms with van der Waals surface area (Å²) in [5.41, 5.74) is 0.905. The van der Waals surface area contributed by atoms with Gasteiger partial charge in [-0.05, 0) is 5.56 Å². The van der Waals surface area contributed by atoms with Gasteiger partial charge in [-0.2, -0.15) is 4.98 Å². The Hall–Kier alpha value is -3.23. The lowest BCUT2D eigenvalue weighted by Gasteiger charge is -2.23. The van der Waals surface area contributed by atoms with Gasteiger partial charge in [0.1, 0.15) is 0 Å². The molecule has 0 bridgehead atoms. The van der Waals surface area contributed by atoms with Crippen molar-refractivity contribution >= 4 is 29.7 Å². The SMILES string of the molecule is O=C(O)CCC(=O)Nc1nc2n(n1)C(c1ccccc1)CC(=O)N2. The molecule has 124 valence electrons. The van der Waals surface area contributed by atoms with Crippen LogP contribution >= 0.6 is 0 Å². The molecule has 1 aliphatic rings. The summed E-state index contributed by atoms with van der Waals surface area (Å²) >= 11 is 0. The van der Waals surface area contributed by atoms with Gasteiger partial charge in [-0.1, -0.05) is 30.3 Å². The van der Waals surface area contributed by atoms with Crippen molar-refractivity contribution < 1.29 is 19.5 Å². The number of carboxylic acids is 1. The number of carbonyl (C=O) groups excluding carboxylic acids is 2. The number of benzene rings is 1. The molecule has 1 aromatic heterocycles. The fourth-order valence-corrected chi connectivity index (χ4v) is 2.46. The monoisotopic (exact) mass is 329 g/mol. The molecular weight excluding hydrogens is 314 g/mol. The first-order valence-electron chi connectivity index (χ1n) is 7.36. The molecule has 1 aromatic carbocycles. The number of hydrogen-bond donors (Lipinski definition) is 3. The fourth-order valence-electron chi connectivity index (χ4n) is 2.46. The highest BCUT2D eigenvalue weighted by Crippen LogP contribution is 2.29. The van der Waals surface area contributed by atoms with E-state index < -0.39 is 11.9 Å². The van der Waals surface area contributed by atoms with Gasteiger partial charge >= 0.3 is 5.97 Å². The molecule has 1 aliphatic heterocycles. The molecule has 3 rings (SSSR count). The van der Waals surface area contributed by atoms with Crippen LogP contribution in [0.25, 0.3) is 0 Å². The minimum Gasteiger partial charge on any atom is -0.481 e. The number of aromatic nitrogens is 3. The van der Waals surface area contributed by atoms with E-state index in [4.69, 9.17) is 5.11 Å². The smallest absolute Gasteiger partial charge is 0.303 e. The standard InChI is InChI=1S/C15H15N5O4/c21-11(6-7-13(23)24)16-14-18-15-17-12(22)8-10(20(15)19-14)9-4-2-1-3-5-9/h1-5,10H,6-8H2,(H,23,24)(H2,16,17,18,19,21,22). The molecule has 3 N–H and O–H groups in total. The van der Waals surface area contributed by atoms with E-state index in [0.717, 1.165) is 5.56 Å². The molecule has 2 aromatic rings. The first-order chi connectivity index (χ1) is 11.5. The Morgan fingerprint density at radius 1 is 1.29 bits per heavy atom. The lowest BCUT2D eigenvalue weighted by Crippen LogP contribution is -2.29. The zero-order valence-corrected chi connectivity index (χ0v) is 12.6. The van der Waals surface area contributed by atoms with Crippen LogP contribution in [0.15, 0.2) is 30.3 Å². The Morgan fingerprint density at radius 3 is 2.75 bits per heavy atom. The van der Waals surface area contributed by atoms with Gasteiger partial charge in [0.05, 0.1) is 18.9 Å². The average molecular weight is 329 g/mol. The number of fused-ring (bicyclic) bond motifs is 1. The highest BCUT2D eigenvalue weighted by molar-refractivity contribution is 5.93. The Balaban J connectivity index is 1.81. The van der Waals surface area contributed by atoms with E-state index in [-0.39, 0.29) is 43.1 Å². The Labute approximate surface area is 136 Å². The van der Waals surface area contributed by atoms with Crippen LogP contribution in [0.3, 0.4) is 0 Å². The van der Waals surface area contributed by atoms with E-state index in [0.29, 0.717) is 0 Å². The van der Waals surface area contributed by atoms with Crippen LogP contribution in [-0.2, 0) is 14.4 Å². The van der Waals surface area contributed by atoms with Crippen LogP contribution in [0.5, 0.6) is 0 Å². The fraction of sp³-hybridized carbons (Fsp3) is 0.267. The van der Waals surface area contributed by atoms with Crippen LogP contribution in [0.4, 0.5) is 11.9 Å². The van der Waals surface area contributed by atoms with Gasteiger partial charge in [0.2, 0.25) is 17.8 Å². The van der Waals surface area contributed by atoms with Crippen LogP contribution in [0.2, 0.25) is 0 Å². The molecule has 1 unspecified atom stereocenters. The first-order valence-corrected chi connectivity index (χ1v) is 7.36. The van der Waals surface area contributed by atoms with Crippen LogP contribution < -0.4 is 10.6 Å². The van der Waals surface area contributed by atoms with Crippen molar-refractivity contribution in [2.75, 3.05) is 10.6 Å². The molecule has 0 radical (unpaired) electrons. The number of anilines is 2. The van der Waals surface area contributed by atoms with Crippen molar-refractivity contribution in [1.29, 1.82) is 0 Å². The minimum atomic E-state index is -1.06. The van der Waals surface area contributed by atoms with Crippen molar-refractivity contribution in [3.05, 3.63) is 35.9 Å². The second-order valence-electron chi connectivity index (χ2n) is 5.32. The van der Waals surface area contributed by atoms with E-state index >= 15 is 0 Å². The molecule has 0 saturated heterocycles. The van der Waals surface area contributed by atoms with E-state index in [9.17, 15) is 14.4 Å². The van der Waals surface area contributed by atoms with Gasteiger partial charge in [-0.3, -0.25) is 25.0 Å². The maximum absolute atomic E-state index is 11.9. The van der Waals surface area contributed by atoms with E-state index in [2.05, 4.69) is 20.7 Å². The predicted octanol–water partition coefficient (Wildman–Crippen LogP) is 1.01. The molecule has 24 heavy (non-hydrogen) atoms. The van der Waals surface area contributed by atoms with Gasteiger partial charge < -0.3 is 5.11 Å². The molecule has 9 nitrogen and oxygen atoms in total. The van der Waals surface area contributed by atoms with Crippen molar-refractivity contribution in [3.8, 4) is 0 Å². The number of amides is 2. The Kier molecular flexibility index (Phi) is 4.23. The maximum Gasteiger partial charge on any atom is 0.303 e. The van der Waals surface area contributed by atoms with Gasteiger partial charge in [0, 0.05) is 6.42 Å². The van der Waals surface area contributed by atoms with Crippen LogP contribution in [-0.4, -0.2) is 37.7 Å². The summed E-state index contributed by atoms with van der Waals surface area (Å²) in [6, 6.07) is 9.08. The van der Waals surface area contributed by atoms with Gasteiger partial charge in [0.25, 0.3) is 5.95 Å². The minimum absolute atomic E-state index is 0.0310. The number of hydrogen-bond acceptors (Lipinski definition) is 5. The highest BCUT2D eigenvalue weighted by Gasteiger charge is 2.29. The van der Waals surface area contributed by atoms with Crippen molar-refractivity contribution in [3.63, 3.8) is 0 Å². The maximum atomic E-state index is 11.9. The first kappa shape index (κ1) is 15.7. The van der Waals surface area contributed by atoms with E-state index in [1.807, 2.05) is 30.3 Å². The molecule has 9 heteroatoms. The molecule has 0 spiro atoms. The van der Waals surface area contributed by atoms with Crippen LogP contribution in [0, 0.1) is 0 Å². The second-order valence-corrected chi connectivity index (χ2v) is 5.32. The summed E-state index contributed by atoms with van der Waals surface area (Å²) in [5.74, 6) is -1.47. The topological polar surface area (TPSA) is 126 Å². The summed E-state index contributed by atoms with van der Waals surface area (Å²) in [6.45, 7) is 0. The lowest BCUT2D eigenvalue weighted by molar-refractivity contribution is -0.138. The Morgan fingerprint density at radius 2 is 2.04 bits per heavy atom. The summed E-state index contributed by atoms with van der Waals surface area (Å²) in [7, 11) is 0. The molecule has 1 atom stereocenters. The van der Waals surface area contributed by atoms with Gasteiger partial charge in [-0.25, -0.2) is 4.68 Å². The van der Waals surface area contributed by atoms with E-state index in [1.165, 1.54) is 0 Å². The molecule has 2 amide bonds. The molecule has 0 saturated carbocycles. The summed E-state index contributed by atoms with van der Waals surface area (Å²) < 4.78 is 1.55. The molecule has 0 aliphatic carbocycles. The predicted molar refractivity (Wildman–Crippen MR) is 83.3 cm³/mol. The average Bonchev–Trinajstić information content (AvgIpc) is 2.95. The third-order valence-corrected chi connectivity index (χ3v) is 3.56. The third kappa shape index (κ3) is 3.40. The third-order valence-electron chi connectivity index (χ3n) is 3.56. The number of nitrogens with one attached hydrogen (secondary N) is 2. The van der Waals surface area contributed by atoms with Crippen molar-refractivity contribution in [2.24, 2.45) is 0 Å². The number of carbonyl (C=O) groups is 3. The van der Waals surface area contributed by atoms with Crippen LogP contribution in [0.1, 0.15) is 30.9 Å². The lowest BCUT2D eigenvalue weighted by atomic mass is 10.0. The van der Waals surface area contributed by atoms with Gasteiger partial charge in [0.15, 0.2) is 0 Å². The molecule has 0 fully saturated rings. The molecular formula is C15H15N5O4. The summed E-state index contributed by atoms with van der Waals surface area (Å²) in [5, 5.41) is 17.9. The normalized spacial score (nSPS) is 16.2. The van der Waals surface area contributed by atoms with E-state index in [1.54, 1.807) is 4.68 Å². The quantitative estimate of drug-likeness (QED) is 0.751. The molecule has 2 heterocycles. The van der Waals surface area contributed by atoms with Crippen molar-refractivity contribution in [2.45, 2.75) is 25.3 Å². The number of nitrogens with zero attached hydrogens (tertiary/aromatic N) is 3. The van der Waals surface area contributed by atoms with Gasteiger partial charge in [-0.15, -0.1) is 5.10 Å². The van der Waals surface area contributed by atoms with Crippen molar-refractivity contribution in [1.82, 2.24) is 14.8 Å². The second kappa shape index (κ2) is 6.49. The number of aliphatic carboxylic acids is 1. The Bertz CT molecular complexity index is 786.